The van der Waals surface area contributed by atoms with Crippen LogP contribution < -0.4 is 0 Å². The number of aromatic hydroxyl groups is 1. The lowest BCUT2D eigenvalue weighted by Crippen LogP contribution is -2.05. The number of aromatic nitrogens is 5. The average molecular weight is 466 g/mol. The monoisotopic (exact) mass is 465 g/mol. The minimum absolute atomic E-state index is 0.00152. The SMILES string of the molecule is O=C(c1noc(-c2ccncn2)n1)c1c(Cl)n(Cc2ccc(Cl)cc2)c2ccc(O)cc12. The topological polar surface area (TPSA) is 107 Å². The van der Waals surface area contributed by atoms with Crippen molar-refractivity contribution in [1.29, 1.82) is 0 Å². The summed E-state index contributed by atoms with van der Waals surface area (Å²) < 4.78 is 6.97. The van der Waals surface area contributed by atoms with Gasteiger partial charge in [-0.15, -0.1) is 0 Å². The number of benzene rings is 2. The van der Waals surface area contributed by atoms with Gasteiger partial charge in [0.15, 0.2) is 0 Å². The lowest BCUT2D eigenvalue weighted by molar-refractivity contribution is 0.102. The van der Waals surface area contributed by atoms with Crippen LogP contribution in [-0.4, -0.2) is 35.6 Å². The molecule has 5 aromatic rings. The molecule has 8 nitrogen and oxygen atoms in total. The van der Waals surface area contributed by atoms with E-state index in [1.54, 1.807) is 28.8 Å². The molecule has 0 aliphatic rings. The standard InChI is InChI=1S/C22H13Cl2N5O3/c23-13-3-1-12(2-4-13)10-29-17-6-5-14(30)9-15(17)18(20(29)24)19(31)21-27-22(32-28-21)16-7-8-25-11-26-16/h1-9,11,30H,10H2. The van der Waals surface area contributed by atoms with Gasteiger partial charge in [-0.3, -0.25) is 4.79 Å². The summed E-state index contributed by atoms with van der Waals surface area (Å²) in [6, 6.07) is 13.6. The Hall–Kier alpha value is -3.75. The minimum Gasteiger partial charge on any atom is -0.508 e. The van der Waals surface area contributed by atoms with Gasteiger partial charge in [-0.1, -0.05) is 40.5 Å². The number of phenols is 1. The number of carbonyl (C=O) groups excluding carboxylic acids is 1. The Kier molecular flexibility index (Phi) is 5.08. The highest BCUT2D eigenvalue weighted by Crippen LogP contribution is 2.34. The van der Waals surface area contributed by atoms with Gasteiger partial charge in [0.05, 0.1) is 11.1 Å². The van der Waals surface area contributed by atoms with Crippen LogP contribution in [0.2, 0.25) is 10.2 Å². The number of rotatable bonds is 5. The maximum atomic E-state index is 13.3. The van der Waals surface area contributed by atoms with Gasteiger partial charge in [0, 0.05) is 23.2 Å². The van der Waals surface area contributed by atoms with Gasteiger partial charge < -0.3 is 14.2 Å². The Morgan fingerprint density at radius 1 is 1.09 bits per heavy atom. The van der Waals surface area contributed by atoms with Crippen molar-refractivity contribution in [3.63, 3.8) is 0 Å². The maximum absolute atomic E-state index is 13.3. The highest BCUT2D eigenvalue weighted by atomic mass is 35.5. The van der Waals surface area contributed by atoms with E-state index in [2.05, 4.69) is 20.1 Å². The molecule has 0 amide bonds. The van der Waals surface area contributed by atoms with Gasteiger partial charge in [-0.25, -0.2) is 9.97 Å². The Morgan fingerprint density at radius 3 is 2.66 bits per heavy atom. The third-order valence-electron chi connectivity index (χ3n) is 4.89. The first-order valence-electron chi connectivity index (χ1n) is 9.41. The van der Waals surface area contributed by atoms with Crippen molar-refractivity contribution in [3.8, 4) is 17.3 Å². The molecule has 0 atom stereocenters. The number of ketones is 1. The Labute approximate surface area is 191 Å². The highest BCUT2D eigenvalue weighted by molar-refractivity contribution is 6.37. The van der Waals surface area contributed by atoms with Crippen molar-refractivity contribution in [2.24, 2.45) is 0 Å². The second-order valence-corrected chi connectivity index (χ2v) is 7.72. The summed E-state index contributed by atoms with van der Waals surface area (Å²) in [6.07, 6.45) is 2.86. The van der Waals surface area contributed by atoms with Crippen LogP contribution >= 0.6 is 23.2 Å². The fraction of sp³-hybridized carbons (Fsp3) is 0.0455. The smallest absolute Gasteiger partial charge is 0.277 e. The van der Waals surface area contributed by atoms with Gasteiger partial charge in [-0.05, 0) is 42.0 Å². The third-order valence-corrected chi connectivity index (χ3v) is 5.54. The number of hydrogen-bond donors (Lipinski definition) is 1. The van der Waals surface area contributed by atoms with E-state index in [1.165, 1.54) is 24.7 Å². The summed E-state index contributed by atoms with van der Waals surface area (Å²) >= 11 is 12.7. The van der Waals surface area contributed by atoms with Crippen LogP contribution in [0.3, 0.4) is 0 Å². The Balaban J connectivity index is 1.60. The first-order chi connectivity index (χ1) is 15.5. The van der Waals surface area contributed by atoms with Crippen LogP contribution in [-0.2, 0) is 6.54 Å². The van der Waals surface area contributed by atoms with E-state index >= 15 is 0 Å². The normalized spacial score (nSPS) is 11.2. The summed E-state index contributed by atoms with van der Waals surface area (Å²) in [7, 11) is 0. The average Bonchev–Trinajstić information content (AvgIpc) is 3.39. The number of hydrogen-bond acceptors (Lipinski definition) is 7. The molecule has 0 saturated heterocycles. The maximum Gasteiger partial charge on any atom is 0.277 e. The molecule has 3 aromatic heterocycles. The van der Waals surface area contributed by atoms with E-state index in [1.807, 2.05) is 12.1 Å². The van der Waals surface area contributed by atoms with E-state index in [9.17, 15) is 9.90 Å². The molecule has 0 radical (unpaired) electrons. The number of fused-ring (bicyclic) bond motifs is 1. The third kappa shape index (κ3) is 3.59. The number of nitrogens with zero attached hydrogens (tertiary/aromatic N) is 5. The van der Waals surface area contributed by atoms with Crippen molar-refractivity contribution < 1.29 is 14.4 Å². The number of halogens is 2. The minimum atomic E-state index is -0.537. The fourth-order valence-electron chi connectivity index (χ4n) is 3.40. The Bertz CT molecular complexity index is 1450. The van der Waals surface area contributed by atoms with Gasteiger partial charge in [0.1, 0.15) is 22.9 Å². The predicted molar refractivity (Wildman–Crippen MR) is 118 cm³/mol. The van der Waals surface area contributed by atoms with E-state index in [-0.39, 0.29) is 28.2 Å². The van der Waals surface area contributed by atoms with Crippen LogP contribution in [0.5, 0.6) is 5.75 Å². The molecular weight excluding hydrogens is 453 g/mol. The van der Waals surface area contributed by atoms with Gasteiger partial charge in [-0.2, -0.15) is 4.98 Å². The van der Waals surface area contributed by atoms with E-state index in [0.29, 0.717) is 28.2 Å². The summed E-state index contributed by atoms with van der Waals surface area (Å²) in [5.74, 6) is -0.625. The number of phenolic OH excluding ortho intramolecular Hbond substituents is 1. The number of carbonyl (C=O) groups is 1. The Morgan fingerprint density at radius 2 is 1.91 bits per heavy atom. The quantitative estimate of drug-likeness (QED) is 0.372. The summed E-state index contributed by atoms with van der Waals surface area (Å²) in [4.78, 5) is 25.4. The van der Waals surface area contributed by atoms with E-state index in [0.717, 1.165) is 5.56 Å². The summed E-state index contributed by atoms with van der Waals surface area (Å²) in [5, 5.41) is 15.1. The van der Waals surface area contributed by atoms with Crippen molar-refractivity contribution in [2.45, 2.75) is 6.54 Å². The molecule has 0 bridgehead atoms. The van der Waals surface area contributed by atoms with Crippen LogP contribution in [0.15, 0.2) is 65.6 Å². The molecule has 10 heteroatoms. The molecule has 2 aromatic carbocycles. The van der Waals surface area contributed by atoms with Crippen LogP contribution in [0.4, 0.5) is 0 Å². The predicted octanol–water partition coefficient (Wildman–Crippen LogP) is 4.77. The van der Waals surface area contributed by atoms with E-state index in [4.69, 9.17) is 27.7 Å². The lowest BCUT2D eigenvalue weighted by Gasteiger charge is -2.08. The van der Waals surface area contributed by atoms with Crippen LogP contribution in [0, 0.1) is 0 Å². The first kappa shape index (κ1) is 20.2. The second-order valence-electron chi connectivity index (χ2n) is 6.93. The highest BCUT2D eigenvalue weighted by Gasteiger charge is 2.27. The molecule has 32 heavy (non-hydrogen) atoms. The molecule has 5 rings (SSSR count). The molecule has 0 spiro atoms. The van der Waals surface area contributed by atoms with Crippen molar-refractivity contribution >= 4 is 39.9 Å². The van der Waals surface area contributed by atoms with Crippen molar-refractivity contribution in [3.05, 3.63) is 88.2 Å². The molecule has 3 heterocycles. The zero-order valence-electron chi connectivity index (χ0n) is 16.2. The zero-order valence-corrected chi connectivity index (χ0v) is 17.7. The molecule has 1 N–H and O–H groups in total. The van der Waals surface area contributed by atoms with Crippen molar-refractivity contribution in [2.75, 3.05) is 0 Å². The summed E-state index contributed by atoms with van der Waals surface area (Å²) in [6.45, 7) is 0.392. The molecule has 0 saturated carbocycles. The summed E-state index contributed by atoms with van der Waals surface area (Å²) in [5.41, 5.74) is 2.17. The fourth-order valence-corrected chi connectivity index (χ4v) is 3.87. The molecule has 0 unspecified atom stereocenters. The van der Waals surface area contributed by atoms with Gasteiger partial charge >= 0.3 is 0 Å². The lowest BCUT2D eigenvalue weighted by atomic mass is 10.1. The van der Waals surface area contributed by atoms with Crippen molar-refractivity contribution in [1.82, 2.24) is 24.7 Å². The van der Waals surface area contributed by atoms with Crippen LogP contribution in [0.1, 0.15) is 21.7 Å². The molecule has 0 aliphatic carbocycles. The zero-order chi connectivity index (χ0) is 22.2. The molecule has 0 aliphatic heterocycles. The van der Waals surface area contributed by atoms with Gasteiger partial charge in [0.2, 0.25) is 11.6 Å². The first-order valence-corrected chi connectivity index (χ1v) is 10.2. The molecular formula is C22H13Cl2N5O3. The van der Waals surface area contributed by atoms with Gasteiger partial charge in [0.25, 0.3) is 5.89 Å². The van der Waals surface area contributed by atoms with E-state index < -0.39 is 5.78 Å². The molecule has 0 fully saturated rings. The largest absolute Gasteiger partial charge is 0.508 e. The second kappa shape index (κ2) is 8.07. The van der Waals surface area contributed by atoms with Crippen LogP contribution in [0.25, 0.3) is 22.5 Å². The molecule has 158 valence electrons.